The van der Waals surface area contributed by atoms with E-state index in [1.54, 1.807) is 0 Å². The molecule has 0 unspecified atom stereocenters. The van der Waals surface area contributed by atoms with Crippen LogP contribution in [0.3, 0.4) is 0 Å². The van der Waals surface area contributed by atoms with Crippen molar-refractivity contribution < 1.29 is 0 Å². The molecule has 102 valence electrons. The zero-order valence-electron chi connectivity index (χ0n) is 11.2. The van der Waals surface area contributed by atoms with Gasteiger partial charge in [-0.2, -0.15) is 0 Å². The predicted molar refractivity (Wildman–Crippen MR) is 89.5 cm³/mol. The smallest absolute Gasteiger partial charge is 0.0346 e. The van der Waals surface area contributed by atoms with Gasteiger partial charge in [0, 0.05) is 27.7 Å². The molecule has 3 heteroatoms. The normalized spacial score (nSPS) is 10.8. The average molecular weight is 299 g/mol. The van der Waals surface area contributed by atoms with Crippen molar-refractivity contribution in [1.82, 2.24) is 5.32 Å². The van der Waals surface area contributed by atoms with Gasteiger partial charge in [0.2, 0.25) is 0 Å². The molecule has 1 nitrogen and oxygen atoms in total. The first-order valence-electron chi connectivity index (χ1n) is 6.79. The van der Waals surface area contributed by atoms with Crippen molar-refractivity contribution in [1.29, 1.82) is 0 Å². The maximum Gasteiger partial charge on any atom is 0.0346 e. The minimum absolute atomic E-state index is 0.961. The highest BCUT2D eigenvalue weighted by Gasteiger charge is 2.02. The Labute approximate surface area is 127 Å². The fourth-order valence-electron chi connectivity index (χ4n) is 2.11. The van der Waals surface area contributed by atoms with Crippen molar-refractivity contribution in [2.45, 2.75) is 13.0 Å². The molecule has 2 aromatic heterocycles. The van der Waals surface area contributed by atoms with Gasteiger partial charge in [-0.05, 0) is 35.6 Å². The monoisotopic (exact) mass is 299 g/mol. The molecular weight excluding hydrogens is 282 g/mol. The summed E-state index contributed by atoms with van der Waals surface area (Å²) < 4.78 is 0. The van der Waals surface area contributed by atoms with Crippen LogP contribution in [0, 0.1) is 0 Å². The summed E-state index contributed by atoms with van der Waals surface area (Å²) in [7, 11) is 0. The average Bonchev–Trinajstić information content (AvgIpc) is 3.16. The Balaban J connectivity index is 1.50. The van der Waals surface area contributed by atoms with E-state index in [4.69, 9.17) is 0 Å². The van der Waals surface area contributed by atoms with E-state index in [1.807, 2.05) is 22.7 Å². The van der Waals surface area contributed by atoms with Gasteiger partial charge in [-0.25, -0.2) is 0 Å². The highest BCUT2D eigenvalue weighted by molar-refractivity contribution is 7.15. The Morgan fingerprint density at radius 1 is 0.850 bits per heavy atom. The molecule has 0 aliphatic rings. The van der Waals surface area contributed by atoms with E-state index < -0.39 is 0 Å². The molecule has 0 saturated heterocycles. The SMILES string of the molecule is c1ccc(-c2ccc(CNCCc3cccs3)s2)cc1. The standard InChI is InChI=1S/C17H17NS2/c1-2-5-14(6-3-1)17-9-8-16(20-17)13-18-11-10-15-7-4-12-19-15/h1-9,12,18H,10-11,13H2. The molecule has 0 aliphatic carbocycles. The minimum Gasteiger partial charge on any atom is -0.311 e. The molecule has 1 N–H and O–H groups in total. The van der Waals surface area contributed by atoms with Crippen LogP contribution in [0.1, 0.15) is 9.75 Å². The maximum atomic E-state index is 3.52. The first-order chi connectivity index (χ1) is 9.92. The maximum absolute atomic E-state index is 3.52. The number of hydrogen-bond acceptors (Lipinski definition) is 3. The first kappa shape index (κ1) is 13.6. The Bertz CT molecular complexity index is 626. The molecule has 3 rings (SSSR count). The Morgan fingerprint density at radius 3 is 2.55 bits per heavy atom. The molecule has 0 fully saturated rings. The van der Waals surface area contributed by atoms with E-state index in [0.717, 1.165) is 19.5 Å². The molecule has 3 aromatic rings. The molecule has 0 aliphatic heterocycles. The van der Waals surface area contributed by atoms with Gasteiger partial charge < -0.3 is 5.32 Å². The summed E-state index contributed by atoms with van der Waals surface area (Å²) in [6.07, 6.45) is 1.12. The molecule has 2 heterocycles. The highest BCUT2D eigenvalue weighted by atomic mass is 32.1. The molecular formula is C17H17NS2. The van der Waals surface area contributed by atoms with Crippen LogP contribution in [-0.2, 0) is 13.0 Å². The summed E-state index contributed by atoms with van der Waals surface area (Å²) in [6.45, 7) is 2.00. The summed E-state index contributed by atoms with van der Waals surface area (Å²) in [4.78, 5) is 4.20. The van der Waals surface area contributed by atoms with Gasteiger partial charge in [-0.1, -0.05) is 36.4 Å². The van der Waals surface area contributed by atoms with E-state index in [1.165, 1.54) is 20.2 Å². The number of hydrogen-bond donors (Lipinski definition) is 1. The number of benzene rings is 1. The quantitative estimate of drug-likeness (QED) is 0.644. The van der Waals surface area contributed by atoms with Crippen molar-refractivity contribution >= 4 is 22.7 Å². The minimum atomic E-state index is 0.961. The number of rotatable bonds is 6. The van der Waals surface area contributed by atoms with E-state index in [-0.39, 0.29) is 0 Å². The lowest BCUT2D eigenvalue weighted by Crippen LogP contribution is -2.15. The third-order valence-electron chi connectivity index (χ3n) is 3.15. The van der Waals surface area contributed by atoms with Crippen molar-refractivity contribution in [2.75, 3.05) is 6.54 Å². The van der Waals surface area contributed by atoms with Crippen LogP contribution < -0.4 is 5.32 Å². The molecule has 0 amide bonds. The van der Waals surface area contributed by atoms with Gasteiger partial charge >= 0.3 is 0 Å². The highest BCUT2D eigenvalue weighted by Crippen LogP contribution is 2.27. The lowest BCUT2D eigenvalue weighted by atomic mass is 10.2. The van der Waals surface area contributed by atoms with Gasteiger partial charge in [0.05, 0.1) is 0 Å². The first-order valence-corrected chi connectivity index (χ1v) is 8.49. The third-order valence-corrected chi connectivity index (χ3v) is 5.22. The summed E-state index contributed by atoms with van der Waals surface area (Å²) in [5.74, 6) is 0. The van der Waals surface area contributed by atoms with Crippen molar-refractivity contribution in [2.24, 2.45) is 0 Å². The van der Waals surface area contributed by atoms with Crippen molar-refractivity contribution in [3.63, 3.8) is 0 Å². The Kier molecular flexibility index (Phi) is 4.64. The molecule has 0 bridgehead atoms. The van der Waals surface area contributed by atoms with Crippen molar-refractivity contribution in [3.05, 3.63) is 69.7 Å². The zero-order chi connectivity index (χ0) is 13.6. The van der Waals surface area contributed by atoms with E-state index >= 15 is 0 Å². The van der Waals surface area contributed by atoms with Crippen LogP contribution in [0.5, 0.6) is 0 Å². The van der Waals surface area contributed by atoms with Gasteiger partial charge in [0.25, 0.3) is 0 Å². The van der Waals surface area contributed by atoms with E-state index in [9.17, 15) is 0 Å². The largest absolute Gasteiger partial charge is 0.311 e. The number of nitrogens with one attached hydrogen (secondary N) is 1. The molecule has 20 heavy (non-hydrogen) atoms. The van der Waals surface area contributed by atoms with Crippen LogP contribution in [0.15, 0.2) is 60.0 Å². The van der Waals surface area contributed by atoms with Crippen LogP contribution >= 0.6 is 22.7 Å². The van der Waals surface area contributed by atoms with Gasteiger partial charge in [0.15, 0.2) is 0 Å². The molecule has 0 atom stereocenters. The molecule has 0 saturated carbocycles. The summed E-state index contributed by atoms with van der Waals surface area (Å²) >= 11 is 3.71. The Morgan fingerprint density at radius 2 is 1.75 bits per heavy atom. The molecule has 0 spiro atoms. The Hall–Kier alpha value is -1.42. The zero-order valence-corrected chi connectivity index (χ0v) is 12.8. The van der Waals surface area contributed by atoms with E-state index in [2.05, 4.69) is 65.3 Å². The fraction of sp³-hybridized carbons (Fsp3) is 0.176. The summed E-state index contributed by atoms with van der Waals surface area (Å²) in [5.41, 5.74) is 1.31. The predicted octanol–water partition coefficient (Wildman–Crippen LogP) is 4.81. The molecule has 1 aromatic carbocycles. The van der Waals surface area contributed by atoms with E-state index in [0.29, 0.717) is 0 Å². The second-order valence-corrected chi connectivity index (χ2v) is 6.84. The van der Waals surface area contributed by atoms with Gasteiger partial charge in [-0.3, -0.25) is 0 Å². The van der Waals surface area contributed by atoms with Gasteiger partial charge in [-0.15, -0.1) is 22.7 Å². The van der Waals surface area contributed by atoms with Crippen LogP contribution in [0.2, 0.25) is 0 Å². The van der Waals surface area contributed by atoms with Crippen LogP contribution in [0.25, 0.3) is 10.4 Å². The molecule has 0 radical (unpaired) electrons. The second kappa shape index (κ2) is 6.84. The lowest BCUT2D eigenvalue weighted by Gasteiger charge is -2.01. The third kappa shape index (κ3) is 3.57. The second-order valence-electron chi connectivity index (χ2n) is 4.64. The number of thiophene rings is 2. The van der Waals surface area contributed by atoms with Gasteiger partial charge in [0.1, 0.15) is 0 Å². The fourth-order valence-corrected chi connectivity index (χ4v) is 3.80. The summed E-state index contributed by atoms with van der Waals surface area (Å²) in [5, 5.41) is 5.66. The lowest BCUT2D eigenvalue weighted by molar-refractivity contribution is 0.697. The summed E-state index contributed by atoms with van der Waals surface area (Å²) in [6, 6.07) is 19.3. The van der Waals surface area contributed by atoms with Crippen LogP contribution in [-0.4, -0.2) is 6.54 Å². The topological polar surface area (TPSA) is 12.0 Å². The van der Waals surface area contributed by atoms with Crippen LogP contribution in [0.4, 0.5) is 0 Å². The van der Waals surface area contributed by atoms with Crippen molar-refractivity contribution in [3.8, 4) is 10.4 Å².